The molecule has 0 saturated carbocycles. The molecule has 4 rings (SSSR count). The van der Waals surface area contributed by atoms with E-state index in [9.17, 15) is 14.7 Å². The predicted octanol–water partition coefficient (Wildman–Crippen LogP) is 2.11. The molecule has 170 valence electrons. The van der Waals surface area contributed by atoms with Crippen molar-refractivity contribution in [2.45, 2.75) is 13.0 Å². The van der Waals surface area contributed by atoms with Crippen molar-refractivity contribution in [2.24, 2.45) is 0 Å². The second-order valence-corrected chi connectivity index (χ2v) is 6.98. The molecule has 3 aromatic rings. The molecule has 0 aliphatic carbocycles. The first kappa shape index (κ1) is 21.8. The van der Waals surface area contributed by atoms with E-state index in [1.54, 1.807) is 43.3 Å². The van der Waals surface area contributed by atoms with Gasteiger partial charge < -0.3 is 24.6 Å². The molecule has 33 heavy (non-hydrogen) atoms. The Kier molecular flexibility index (Phi) is 5.94. The van der Waals surface area contributed by atoms with Gasteiger partial charge in [-0.2, -0.15) is 4.68 Å². The number of phenolic OH excluding ortho intramolecular Hbond substituents is 1. The lowest BCUT2D eigenvalue weighted by Crippen LogP contribution is -2.33. The number of carbonyl (C=O) groups excluding carboxylic acids is 2. The Morgan fingerprint density at radius 1 is 1.18 bits per heavy atom. The normalized spacial score (nSPS) is 14.8. The van der Waals surface area contributed by atoms with Gasteiger partial charge in [-0.15, -0.1) is 0 Å². The van der Waals surface area contributed by atoms with E-state index in [0.29, 0.717) is 17.9 Å². The number of esters is 1. The lowest BCUT2D eigenvalue weighted by molar-refractivity contribution is -0.136. The summed E-state index contributed by atoms with van der Waals surface area (Å²) in [5, 5.41) is 24.6. The van der Waals surface area contributed by atoms with E-state index < -0.39 is 17.8 Å². The second-order valence-electron chi connectivity index (χ2n) is 6.98. The van der Waals surface area contributed by atoms with Gasteiger partial charge >= 0.3 is 5.97 Å². The number of carbonyl (C=O) groups is 2. The number of methoxy groups -OCH3 is 2. The highest BCUT2D eigenvalue weighted by Crippen LogP contribution is 2.39. The maximum atomic E-state index is 13.8. The van der Waals surface area contributed by atoms with E-state index in [4.69, 9.17) is 14.2 Å². The molecule has 0 unspecified atom stereocenters. The smallest absolute Gasteiger partial charge is 0.355 e. The third kappa shape index (κ3) is 3.95. The molecule has 0 amide bonds. The van der Waals surface area contributed by atoms with E-state index >= 15 is 0 Å². The van der Waals surface area contributed by atoms with Crippen LogP contribution in [0.5, 0.6) is 17.2 Å². The van der Waals surface area contributed by atoms with E-state index in [-0.39, 0.29) is 34.3 Å². The fraction of sp³-hybridized carbons (Fsp3) is 0.227. The van der Waals surface area contributed by atoms with E-state index in [1.807, 2.05) is 0 Å². The number of fused-ring (bicyclic) bond motifs is 1. The number of Topliss-reactive ketones (excluding diaryl/α,β-unsaturated/α-hetero) is 1. The number of hydrogen-bond acceptors (Lipinski definition) is 10. The van der Waals surface area contributed by atoms with Gasteiger partial charge in [0.2, 0.25) is 5.95 Å². The minimum atomic E-state index is -0.913. The maximum absolute atomic E-state index is 13.8. The Morgan fingerprint density at radius 2 is 2.00 bits per heavy atom. The van der Waals surface area contributed by atoms with Crippen LogP contribution in [0.3, 0.4) is 0 Å². The molecule has 11 heteroatoms. The van der Waals surface area contributed by atoms with Gasteiger partial charge in [-0.25, -0.2) is 4.79 Å². The van der Waals surface area contributed by atoms with Crippen molar-refractivity contribution in [1.82, 2.24) is 20.2 Å². The molecular weight excluding hydrogens is 430 g/mol. The number of allylic oxidation sites excluding steroid dienone is 1. The van der Waals surface area contributed by atoms with E-state index in [2.05, 4.69) is 20.8 Å². The molecule has 2 aromatic carbocycles. The second kappa shape index (κ2) is 8.99. The first-order valence-corrected chi connectivity index (χ1v) is 10.00. The molecule has 2 N–H and O–H groups in total. The molecule has 11 nitrogen and oxygen atoms in total. The molecule has 2 heterocycles. The Morgan fingerprint density at radius 3 is 2.73 bits per heavy atom. The molecule has 0 bridgehead atoms. The number of aromatic nitrogens is 4. The largest absolute Gasteiger partial charge is 0.504 e. The van der Waals surface area contributed by atoms with Gasteiger partial charge in [-0.1, -0.05) is 23.3 Å². The van der Waals surface area contributed by atoms with Crippen molar-refractivity contribution >= 4 is 17.7 Å². The standard InChI is InChI=1S/C22H21N5O6/c1-4-33-16-11-12(8-9-15(16)28)19-17(20(29)13-6-5-7-14(10-13)31-2)18(21(30)32-3)23-22-24-25-26-27(19)22/h5-11,19,28H,4H2,1-3H3,(H,23,24,26)/t19-/m1/s1. The number of benzene rings is 2. The third-order valence-electron chi connectivity index (χ3n) is 5.08. The summed E-state index contributed by atoms with van der Waals surface area (Å²) in [6.45, 7) is 2.10. The van der Waals surface area contributed by atoms with Crippen LogP contribution in [0, 0.1) is 0 Å². The number of ether oxygens (including phenoxy) is 3. The average Bonchev–Trinajstić information content (AvgIpc) is 3.32. The highest BCUT2D eigenvalue weighted by Gasteiger charge is 2.39. The van der Waals surface area contributed by atoms with Crippen LogP contribution < -0.4 is 14.8 Å². The minimum Gasteiger partial charge on any atom is -0.504 e. The van der Waals surface area contributed by atoms with Crippen molar-refractivity contribution in [3.63, 3.8) is 0 Å². The van der Waals surface area contributed by atoms with Gasteiger partial charge in [0.05, 0.1) is 26.4 Å². The van der Waals surface area contributed by atoms with Crippen molar-refractivity contribution in [3.8, 4) is 17.2 Å². The minimum absolute atomic E-state index is 0.0584. The molecule has 0 fully saturated rings. The number of nitrogens with one attached hydrogen (secondary N) is 1. The van der Waals surface area contributed by atoms with Gasteiger partial charge in [-0.05, 0) is 47.2 Å². The van der Waals surface area contributed by atoms with E-state index in [0.717, 1.165) is 0 Å². The zero-order valence-electron chi connectivity index (χ0n) is 18.1. The number of ketones is 1. The summed E-state index contributed by atoms with van der Waals surface area (Å²) in [4.78, 5) is 26.5. The zero-order chi connectivity index (χ0) is 23.5. The Balaban J connectivity index is 1.95. The molecule has 1 aliphatic rings. The Hall–Kier alpha value is -4.41. The highest BCUT2D eigenvalue weighted by molar-refractivity contribution is 6.15. The average molecular weight is 451 g/mol. The molecule has 1 aliphatic heterocycles. The van der Waals surface area contributed by atoms with Gasteiger partial charge in [0.1, 0.15) is 17.5 Å². The van der Waals surface area contributed by atoms with Crippen LogP contribution in [0.15, 0.2) is 53.7 Å². The summed E-state index contributed by atoms with van der Waals surface area (Å²) in [6.07, 6.45) is 0. The first-order valence-electron chi connectivity index (χ1n) is 10.00. The fourth-order valence-corrected chi connectivity index (χ4v) is 3.59. The fourth-order valence-electron chi connectivity index (χ4n) is 3.59. The number of tetrazole rings is 1. The van der Waals surface area contributed by atoms with Crippen molar-refractivity contribution in [3.05, 3.63) is 64.9 Å². The molecule has 0 spiro atoms. The SMILES string of the molecule is CCOc1cc([C@@H]2C(C(=O)c3cccc(OC)c3)=C(C(=O)OC)Nc3nnnn32)ccc1O. The molecule has 0 radical (unpaired) electrons. The predicted molar refractivity (Wildman–Crippen MR) is 115 cm³/mol. The summed E-state index contributed by atoms with van der Waals surface area (Å²) < 4.78 is 17.1. The van der Waals surface area contributed by atoms with Crippen LogP contribution in [0.2, 0.25) is 0 Å². The number of nitrogens with zero attached hydrogens (tertiary/aromatic N) is 4. The van der Waals surface area contributed by atoms with Gasteiger partial charge in [0.25, 0.3) is 0 Å². The summed E-state index contributed by atoms with van der Waals surface area (Å²) >= 11 is 0. The lowest BCUT2D eigenvalue weighted by Gasteiger charge is -2.28. The monoisotopic (exact) mass is 451 g/mol. The summed E-state index contributed by atoms with van der Waals surface area (Å²) in [7, 11) is 2.71. The van der Waals surface area contributed by atoms with Crippen LogP contribution in [0.4, 0.5) is 5.95 Å². The Bertz CT molecular complexity index is 1250. The van der Waals surface area contributed by atoms with Crippen LogP contribution in [0.1, 0.15) is 28.9 Å². The molecule has 1 atom stereocenters. The van der Waals surface area contributed by atoms with Crippen molar-refractivity contribution < 1.29 is 28.9 Å². The van der Waals surface area contributed by atoms with Crippen LogP contribution in [0.25, 0.3) is 0 Å². The third-order valence-corrected chi connectivity index (χ3v) is 5.08. The van der Waals surface area contributed by atoms with Gasteiger partial charge in [-0.3, -0.25) is 4.79 Å². The van der Waals surface area contributed by atoms with Gasteiger partial charge in [0, 0.05) is 5.56 Å². The first-order chi connectivity index (χ1) is 16.0. The van der Waals surface area contributed by atoms with Gasteiger partial charge in [0.15, 0.2) is 17.3 Å². The molecule has 1 aromatic heterocycles. The van der Waals surface area contributed by atoms with Crippen molar-refractivity contribution in [1.29, 1.82) is 0 Å². The van der Waals surface area contributed by atoms with Crippen LogP contribution in [-0.4, -0.2) is 57.9 Å². The van der Waals surface area contributed by atoms with E-state index in [1.165, 1.54) is 25.0 Å². The number of phenols is 1. The quantitative estimate of drug-likeness (QED) is 0.406. The Labute approximate surface area is 188 Å². The van der Waals surface area contributed by atoms with Crippen molar-refractivity contribution in [2.75, 3.05) is 26.1 Å². The number of rotatable bonds is 7. The highest BCUT2D eigenvalue weighted by atomic mass is 16.5. The summed E-state index contributed by atoms with van der Waals surface area (Å²) in [5.74, 6) is -0.440. The lowest BCUT2D eigenvalue weighted by atomic mass is 9.89. The molecule has 0 saturated heterocycles. The maximum Gasteiger partial charge on any atom is 0.355 e. The summed E-state index contributed by atoms with van der Waals surface area (Å²) in [5.41, 5.74) is 0.767. The topological polar surface area (TPSA) is 138 Å². The summed E-state index contributed by atoms with van der Waals surface area (Å²) in [6, 6.07) is 10.3. The molecular formula is C22H21N5O6. The number of aromatic hydroxyl groups is 1. The van der Waals surface area contributed by atoms with Crippen LogP contribution >= 0.6 is 0 Å². The number of hydrogen-bond donors (Lipinski definition) is 2. The number of anilines is 1. The zero-order valence-corrected chi connectivity index (χ0v) is 18.1. The van der Waals surface area contributed by atoms with Crippen LogP contribution in [-0.2, 0) is 9.53 Å².